The highest BCUT2D eigenvalue weighted by Gasteiger charge is 2.39. The average Bonchev–Trinajstić information content (AvgIpc) is 3.99. The van der Waals surface area contributed by atoms with Crippen molar-refractivity contribution in [3.63, 3.8) is 0 Å². The lowest BCUT2D eigenvalue weighted by Crippen LogP contribution is -2.51. The number of aromatic amines is 2. The Morgan fingerprint density at radius 3 is 1.85 bits per heavy atom. The minimum absolute atomic E-state index is 0.130. The lowest BCUT2D eigenvalue weighted by Gasteiger charge is -2.29. The molecule has 0 radical (unpaired) electrons. The molecule has 2 aliphatic heterocycles. The molecule has 0 aliphatic carbocycles. The Morgan fingerprint density at radius 2 is 1.33 bits per heavy atom. The van der Waals surface area contributed by atoms with Gasteiger partial charge in [-0.1, -0.05) is 27.7 Å². The highest BCUT2D eigenvalue weighted by atomic mass is 16.5. The third-order valence-electron chi connectivity index (χ3n) is 10.3. The molecule has 0 spiro atoms. The molecule has 2 saturated heterocycles. The van der Waals surface area contributed by atoms with E-state index < -0.39 is 24.3 Å². The number of nitrogens with zero attached hydrogens (tertiary/aromatic N) is 5. The van der Waals surface area contributed by atoms with Crippen LogP contribution < -0.4 is 10.6 Å². The number of hydrogen-bond acceptors (Lipinski definition) is 9. The number of carbonyl (C=O) groups is 4. The molecule has 5 N–H and O–H groups in total. The van der Waals surface area contributed by atoms with E-state index >= 15 is 0 Å². The molecule has 284 valence electrons. The van der Waals surface area contributed by atoms with E-state index in [0.29, 0.717) is 42.8 Å². The summed E-state index contributed by atoms with van der Waals surface area (Å²) in [6.45, 7) is 8.49. The fraction of sp³-hybridized carbons (Fsp3) is 0.447. The van der Waals surface area contributed by atoms with Gasteiger partial charge in [-0.15, -0.1) is 0 Å². The molecule has 2 fully saturated rings. The number of aromatic nitrogens is 5. The van der Waals surface area contributed by atoms with Crippen LogP contribution in [0.4, 0.5) is 9.59 Å². The Morgan fingerprint density at radius 1 is 0.815 bits per heavy atom. The van der Waals surface area contributed by atoms with Gasteiger partial charge in [0, 0.05) is 24.2 Å². The number of likely N-dealkylation sites (tertiary alicyclic amines) is 2. The molecule has 16 nitrogen and oxygen atoms in total. The normalized spacial score (nSPS) is 18.5. The molecule has 0 unspecified atom stereocenters. The Kier molecular flexibility index (Phi) is 10.0. The number of rotatable bonds is 10. The molecule has 0 bridgehead atoms. The first-order valence-corrected chi connectivity index (χ1v) is 18.3. The van der Waals surface area contributed by atoms with Crippen LogP contribution in [0.5, 0.6) is 0 Å². The van der Waals surface area contributed by atoms with Crippen molar-refractivity contribution in [2.45, 2.75) is 77.5 Å². The molecule has 16 heteroatoms. The predicted molar refractivity (Wildman–Crippen MR) is 198 cm³/mol. The number of methoxy groups -OCH3 is 1. The number of carbonyl (C=O) groups excluding carboxylic acids is 3. The third-order valence-corrected chi connectivity index (χ3v) is 10.3. The van der Waals surface area contributed by atoms with Crippen molar-refractivity contribution < 1.29 is 33.4 Å². The van der Waals surface area contributed by atoms with E-state index in [1.54, 1.807) is 16.0 Å². The second-order valence-electron chi connectivity index (χ2n) is 14.6. The summed E-state index contributed by atoms with van der Waals surface area (Å²) >= 11 is 0. The topological polar surface area (TPSA) is 212 Å². The van der Waals surface area contributed by atoms with Crippen molar-refractivity contribution in [3.05, 3.63) is 54.2 Å². The van der Waals surface area contributed by atoms with Gasteiger partial charge in [0.25, 0.3) is 0 Å². The summed E-state index contributed by atoms with van der Waals surface area (Å²) in [7, 11) is 1.28. The maximum absolute atomic E-state index is 13.6. The van der Waals surface area contributed by atoms with Crippen molar-refractivity contribution >= 4 is 46.1 Å². The number of fused-ring (bicyclic) bond motifs is 2. The van der Waals surface area contributed by atoms with Gasteiger partial charge in [-0.2, -0.15) is 0 Å². The van der Waals surface area contributed by atoms with Crippen LogP contribution in [0.2, 0.25) is 0 Å². The Hall–Kier alpha value is -5.93. The predicted octanol–water partition coefficient (Wildman–Crippen LogP) is 5.76. The van der Waals surface area contributed by atoms with E-state index in [0.717, 1.165) is 52.5 Å². The largest absolute Gasteiger partial charge is 0.465 e. The number of nitrogens with one attached hydrogen (secondary N) is 4. The summed E-state index contributed by atoms with van der Waals surface area (Å²) in [5, 5.41) is 14.4. The van der Waals surface area contributed by atoms with E-state index in [9.17, 15) is 24.3 Å². The molecule has 4 amide bonds. The van der Waals surface area contributed by atoms with Gasteiger partial charge in [-0.3, -0.25) is 9.59 Å². The standard InChI is InChI=1S/C38H45N9O7/c1-19(2)30(44-37(50)51)35(48)46-14-6-8-27(46)32-40-23-12-10-21(16-25(23)42-32)29-18-39-34(54-29)22-11-13-24-26(17-22)43-33(41-24)28-9-7-15-47(28)36(49)31(20(3)4)45-38(52)53-5/h10-13,16-20,27-28,30-31,44H,6-9,14-15H2,1-5H3,(H,40,42)(H,41,43)(H,45,52)(H,50,51)/t27-,28-,30-,31-/m0/s1. The molecule has 2 aromatic carbocycles. The monoisotopic (exact) mass is 739 g/mol. The number of oxazole rings is 1. The van der Waals surface area contributed by atoms with Crippen LogP contribution in [0.15, 0.2) is 47.0 Å². The molecule has 0 saturated carbocycles. The number of H-pyrrole nitrogens is 2. The van der Waals surface area contributed by atoms with Gasteiger partial charge in [0.05, 0.1) is 47.5 Å². The van der Waals surface area contributed by atoms with Crippen LogP contribution in [0.3, 0.4) is 0 Å². The number of ether oxygens (including phenoxy) is 1. The van der Waals surface area contributed by atoms with Crippen LogP contribution in [-0.2, 0) is 14.3 Å². The minimum Gasteiger partial charge on any atom is -0.465 e. The van der Waals surface area contributed by atoms with Crippen LogP contribution in [0.25, 0.3) is 44.8 Å². The Labute approximate surface area is 311 Å². The Balaban J connectivity index is 1.08. The molecule has 4 atom stereocenters. The van der Waals surface area contributed by atoms with Crippen molar-refractivity contribution in [1.82, 2.24) is 45.4 Å². The van der Waals surface area contributed by atoms with Gasteiger partial charge in [0.1, 0.15) is 23.7 Å². The van der Waals surface area contributed by atoms with Crippen molar-refractivity contribution in [1.29, 1.82) is 0 Å². The van der Waals surface area contributed by atoms with Crippen molar-refractivity contribution in [2.24, 2.45) is 11.8 Å². The highest BCUT2D eigenvalue weighted by molar-refractivity contribution is 5.88. The first-order chi connectivity index (χ1) is 25.9. The summed E-state index contributed by atoms with van der Waals surface area (Å²) in [5.41, 5.74) is 4.57. The summed E-state index contributed by atoms with van der Waals surface area (Å²) < 4.78 is 11.0. The number of imidazole rings is 2. The molecule has 54 heavy (non-hydrogen) atoms. The fourth-order valence-electron chi connectivity index (χ4n) is 7.53. The number of benzene rings is 2. The molecule has 2 aliphatic rings. The van der Waals surface area contributed by atoms with Crippen molar-refractivity contribution in [3.8, 4) is 22.8 Å². The Bertz CT molecular complexity index is 2200. The van der Waals surface area contributed by atoms with E-state index in [2.05, 4.69) is 25.6 Å². The molecule has 7 rings (SSSR count). The van der Waals surface area contributed by atoms with E-state index in [1.807, 2.05) is 64.1 Å². The maximum Gasteiger partial charge on any atom is 0.407 e. The summed E-state index contributed by atoms with van der Waals surface area (Å²) in [6.07, 6.45) is 2.86. The number of amides is 4. The zero-order valence-electron chi connectivity index (χ0n) is 30.9. The SMILES string of the molecule is COC(=O)N[C@H](C(=O)N1CCC[C@H]1c1nc2ccc(-c3ncc(-c4ccc5nc([C@@H]6CCCN6C(=O)[C@@H](NC(=O)O)C(C)C)[nH]c5c4)o3)cc2[nH]1)C(C)C. The highest BCUT2D eigenvalue weighted by Crippen LogP contribution is 2.36. The third kappa shape index (κ3) is 7.07. The van der Waals surface area contributed by atoms with Gasteiger partial charge in [0.15, 0.2) is 5.76 Å². The van der Waals surface area contributed by atoms with Crippen LogP contribution >= 0.6 is 0 Å². The molecule has 5 heterocycles. The quantitative estimate of drug-likeness (QED) is 0.117. The van der Waals surface area contributed by atoms with Crippen LogP contribution in [0.1, 0.15) is 77.1 Å². The van der Waals surface area contributed by atoms with E-state index in [-0.39, 0.29) is 35.7 Å². The van der Waals surface area contributed by atoms with Gasteiger partial charge in [-0.25, -0.2) is 24.5 Å². The number of hydrogen-bond donors (Lipinski definition) is 5. The lowest BCUT2D eigenvalue weighted by molar-refractivity contribution is -0.136. The maximum atomic E-state index is 13.6. The average molecular weight is 740 g/mol. The van der Waals surface area contributed by atoms with Gasteiger partial charge in [0.2, 0.25) is 17.7 Å². The van der Waals surface area contributed by atoms with Crippen molar-refractivity contribution in [2.75, 3.05) is 20.2 Å². The van der Waals surface area contributed by atoms with Crippen LogP contribution in [-0.4, -0.2) is 96.1 Å². The van der Waals surface area contributed by atoms with Crippen LogP contribution in [0, 0.1) is 11.8 Å². The van der Waals surface area contributed by atoms with E-state index in [4.69, 9.17) is 19.1 Å². The smallest absolute Gasteiger partial charge is 0.407 e. The molecule has 3 aromatic heterocycles. The molecular weight excluding hydrogens is 694 g/mol. The second-order valence-corrected chi connectivity index (χ2v) is 14.6. The van der Waals surface area contributed by atoms with Gasteiger partial charge < -0.3 is 44.7 Å². The first kappa shape index (κ1) is 36.4. The molecular formula is C38H45N9O7. The molecule has 5 aromatic rings. The summed E-state index contributed by atoms with van der Waals surface area (Å²) in [4.78, 5) is 74.9. The first-order valence-electron chi connectivity index (χ1n) is 18.3. The fourth-order valence-corrected chi connectivity index (χ4v) is 7.53. The lowest BCUT2D eigenvalue weighted by atomic mass is 10.0. The summed E-state index contributed by atoms with van der Waals surface area (Å²) in [6, 6.07) is 9.32. The zero-order chi connectivity index (χ0) is 38.3. The zero-order valence-corrected chi connectivity index (χ0v) is 30.9. The van der Waals surface area contributed by atoms with Gasteiger partial charge in [-0.05, 0) is 73.9 Å². The minimum atomic E-state index is -1.23. The number of alkyl carbamates (subject to hydrolysis) is 1. The second kappa shape index (κ2) is 14.8. The number of carboxylic acid groups (broad SMARTS) is 1. The van der Waals surface area contributed by atoms with E-state index in [1.165, 1.54) is 7.11 Å². The van der Waals surface area contributed by atoms with Gasteiger partial charge >= 0.3 is 12.2 Å². The summed E-state index contributed by atoms with van der Waals surface area (Å²) in [5.74, 6) is 1.55.